The van der Waals surface area contributed by atoms with Crippen LogP contribution in [0.5, 0.6) is 0 Å². The molecule has 2 unspecified atom stereocenters. The molecule has 1 heterocycles. The minimum Gasteiger partial charge on any atom is -0.376 e. The maximum Gasteiger partial charge on any atom is 0.129 e. The Morgan fingerprint density at radius 1 is 1.39 bits per heavy atom. The van der Waals surface area contributed by atoms with Crippen molar-refractivity contribution in [3.05, 3.63) is 35.4 Å². The molecule has 0 amide bonds. The molecule has 18 heavy (non-hydrogen) atoms. The van der Waals surface area contributed by atoms with Gasteiger partial charge in [0.15, 0.2) is 0 Å². The molecule has 1 aromatic rings. The van der Waals surface area contributed by atoms with Gasteiger partial charge in [0.25, 0.3) is 0 Å². The van der Waals surface area contributed by atoms with Crippen LogP contribution >= 0.6 is 0 Å². The first-order chi connectivity index (χ1) is 8.70. The first kappa shape index (κ1) is 13.4. The minimum absolute atomic E-state index is 0.229. The summed E-state index contributed by atoms with van der Waals surface area (Å²) >= 11 is 0. The molecule has 0 aromatic heterocycles. The van der Waals surface area contributed by atoms with Crippen molar-refractivity contribution in [2.24, 2.45) is 5.84 Å². The van der Waals surface area contributed by atoms with E-state index in [1.165, 1.54) is 12.1 Å². The van der Waals surface area contributed by atoms with Gasteiger partial charge in [-0.2, -0.15) is 0 Å². The van der Waals surface area contributed by atoms with E-state index in [1.54, 1.807) is 0 Å². The molecule has 1 fully saturated rings. The van der Waals surface area contributed by atoms with Crippen molar-refractivity contribution in [3.8, 4) is 0 Å². The summed E-state index contributed by atoms with van der Waals surface area (Å²) in [5, 5.41) is 0. The Balaban J connectivity index is 2.04. The lowest BCUT2D eigenvalue weighted by atomic mass is 10.0. The fourth-order valence-corrected chi connectivity index (χ4v) is 1.96. The average Bonchev–Trinajstić information content (AvgIpc) is 2.39. The van der Waals surface area contributed by atoms with Crippen LogP contribution in [0.1, 0.15) is 5.56 Å². The van der Waals surface area contributed by atoms with Gasteiger partial charge in [-0.05, 0) is 18.1 Å². The summed E-state index contributed by atoms with van der Waals surface area (Å²) in [7, 11) is 0. The molecule has 0 radical (unpaired) electrons. The van der Waals surface area contributed by atoms with Gasteiger partial charge in [-0.3, -0.25) is 11.3 Å². The van der Waals surface area contributed by atoms with E-state index >= 15 is 0 Å². The number of benzene rings is 1. The Bertz CT molecular complexity index is 398. The number of hydrogen-bond donors (Lipinski definition) is 2. The van der Waals surface area contributed by atoms with Crippen molar-refractivity contribution < 1.29 is 18.3 Å². The second-order valence-corrected chi connectivity index (χ2v) is 4.20. The maximum atomic E-state index is 13.5. The average molecular weight is 258 g/mol. The van der Waals surface area contributed by atoms with Crippen LogP contribution in [0.4, 0.5) is 8.78 Å². The minimum atomic E-state index is -0.592. The van der Waals surface area contributed by atoms with Gasteiger partial charge in [-0.25, -0.2) is 8.78 Å². The van der Waals surface area contributed by atoms with E-state index in [-0.39, 0.29) is 12.1 Å². The Morgan fingerprint density at radius 2 is 2.22 bits per heavy atom. The van der Waals surface area contributed by atoms with Gasteiger partial charge in [0.1, 0.15) is 11.6 Å². The lowest BCUT2D eigenvalue weighted by molar-refractivity contribution is -0.101. The van der Waals surface area contributed by atoms with E-state index in [4.69, 9.17) is 15.3 Å². The van der Waals surface area contributed by atoms with Gasteiger partial charge >= 0.3 is 0 Å². The molecule has 2 atom stereocenters. The van der Waals surface area contributed by atoms with E-state index in [2.05, 4.69) is 5.43 Å². The van der Waals surface area contributed by atoms with Gasteiger partial charge in [-0.15, -0.1) is 0 Å². The highest BCUT2D eigenvalue weighted by Gasteiger charge is 2.25. The Kier molecular flexibility index (Phi) is 4.60. The molecule has 1 saturated heterocycles. The van der Waals surface area contributed by atoms with Crippen LogP contribution in [-0.4, -0.2) is 32.0 Å². The summed E-state index contributed by atoms with van der Waals surface area (Å²) in [4.78, 5) is 0. The quantitative estimate of drug-likeness (QED) is 0.618. The normalized spacial score (nSPS) is 21.8. The SMILES string of the molecule is NNC(Cc1ccc(F)cc1F)C1COCCO1. The standard InChI is InChI=1S/C12H16F2N2O2/c13-9-2-1-8(10(14)6-9)5-11(16-15)12-7-17-3-4-18-12/h1-2,6,11-12,16H,3-5,7,15H2. The predicted octanol–water partition coefficient (Wildman–Crippen LogP) is 0.755. The van der Waals surface area contributed by atoms with Crippen molar-refractivity contribution in [2.45, 2.75) is 18.6 Å². The Hall–Kier alpha value is -1.08. The summed E-state index contributed by atoms with van der Waals surface area (Å²) in [6, 6.07) is 3.23. The van der Waals surface area contributed by atoms with E-state index < -0.39 is 11.6 Å². The number of hydrogen-bond acceptors (Lipinski definition) is 4. The van der Waals surface area contributed by atoms with E-state index in [9.17, 15) is 8.78 Å². The molecular weight excluding hydrogens is 242 g/mol. The molecule has 6 heteroatoms. The van der Waals surface area contributed by atoms with Crippen molar-refractivity contribution in [3.63, 3.8) is 0 Å². The van der Waals surface area contributed by atoms with Gasteiger partial charge < -0.3 is 9.47 Å². The topological polar surface area (TPSA) is 56.5 Å². The number of rotatable bonds is 4. The molecule has 4 nitrogen and oxygen atoms in total. The van der Waals surface area contributed by atoms with Gasteiger partial charge in [0.2, 0.25) is 0 Å². The molecule has 2 rings (SSSR count). The fourth-order valence-electron chi connectivity index (χ4n) is 1.96. The van der Waals surface area contributed by atoms with E-state index in [0.717, 1.165) is 6.07 Å². The molecule has 0 aliphatic carbocycles. The van der Waals surface area contributed by atoms with Crippen LogP contribution in [0.15, 0.2) is 18.2 Å². The smallest absolute Gasteiger partial charge is 0.129 e. The monoisotopic (exact) mass is 258 g/mol. The first-order valence-electron chi connectivity index (χ1n) is 5.80. The third-order valence-corrected chi connectivity index (χ3v) is 2.96. The van der Waals surface area contributed by atoms with Gasteiger partial charge in [-0.1, -0.05) is 6.07 Å². The molecule has 0 bridgehead atoms. The zero-order valence-electron chi connectivity index (χ0n) is 9.86. The lowest BCUT2D eigenvalue weighted by Crippen LogP contribution is -2.50. The molecule has 3 N–H and O–H groups in total. The third kappa shape index (κ3) is 3.23. The Morgan fingerprint density at radius 3 is 2.83 bits per heavy atom. The predicted molar refractivity (Wildman–Crippen MR) is 61.7 cm³/mol. The largest absolute Gasteiger partial charge is 0.376 e. The highest BCUT2D eigenvalue weighted by atomic mass is 19.1. The zero-order chi connectivity index (χ0) is 13.0. The summed E-state index contributed by atoms with van der Waals surface area (Å²) in [6.45, 7) is 1.46. The maximum absolute atomic E-state index is 13.5. The second kappa shape index (κ2) is 6.19. The van der Waals surface area contributed by atoms with Crippen molar-refractivity contribution >= 4 is 0 Å². The lowest BCUT2D eigenvalue weighted by Gasteiger charge is -2.30. The molecule has 0 spiro atoms. The van der Waals surface area contributed by atoms with Gasteiger partial charge in [0.05, 0.1) is 32.0 Å². The first-order valence-corrected chi connectivity index (χ1v) is 5.80. The van der Waals surface area contributed by atoms with Crippen molar-refractivity contribution in [2.75, 3.05) is 19.8 Å². The van der Waals surface area contributed by atoms with Crippen LogP contribution in [0.2, 0.25) is 0 Å². The zero-order valence-corrected chi connectivity index (χ0v) is 9.86. The number of nitrogens with one attached hydrogen (secondary N) is 1. The summed E-state index contributed by atoms with van der Waals surface area (Å²) in [6.07, 6.45) is 0.0876. The summed E-state index contributed by atoms with van der Waals surface area (Å²) in [5.41, 5.74) is 2.99. The molecular formula is C12H16F2N2O2. The highest BCUT2D eigenvalue weighted by molar-refractivity contribution is 5.20. The number of ether oxygens (including phenoxy) is 2. The molecule has 1 aromatic carbocycles. The fraction of sp³-hybridized carbons (Fsp3) is 0.500. The van der Waals surface area contributed by atoms with Crippen LogP contribution in [0.3, 0.4) is 0 Å². The molecule has 1 aliphatic heterocycles. The van der Waals surface area contributed by atoms with Crippen LogP contribution < -0.4 is 11.3 Å². The Labute approximate surface area is 104 Å². The number of halogens is 2. The summed E-state index contributed by atoms with van der Waals surface area (Å²) < 4.78 is 37.1. The van der Waals surface area contributed by atoms with E-state index in [1.807, 2.05) is 0 Å². The van der Waals surface area contributed by atoms with Crippen molar-refractivity contribution in [1.82, 2.24) is 5.43 Å². The van der Waals surface area contributed by atoms with Gasteiger partial charge in [0, 0.05) is 6.07 Å². The number of nitrogens with two attached hydrogens (primary N) is 1. The van der Waals surface area contributed by atoms with Crippen LogP contribution in [0, 0.1) is 11.6 Å². The molecule has 0 saturated carbocycles. The van der Waals surface area contributed by atoms with Crippen molar-refractivity contribution in [1.29, 1.82) is 0 Å². The second-order valence-electron chi connectivity index (χ2n) is 4.20. The molecule has 1 aliphatic rings. The number of hydrazine groups is 1. The van der Waals surface area contributed by atoms with E-state index in [0.29, 0.717) is 31.8 Å². The van der Waals surface area contributed by atoms with Crippen LogP contribution in [-0.2, 0) is 15.9 Å². The summed E-state index contributed by atoms with van der Waals surface area (Å²) in [5.74, 6) is 4.28. The highest BCUT2D eigenvalue weighted by Crippen LogP contribution is 2.15. The third-order valence-electron chi connectivity index (χ3n) is 2.96. The van der Waals surface area contributed by atoms with Crippen LogP contribution in [0.25, 0.3) is 0 Å². The molecule has 100 valence electrons.